The Bertz CT molecular complexity index is 605. The number of anilines is 1. The highest BCUT2D eigenvalue weighted by molar-refractivity contribution is 5.79. The highest BCUT2D eigenvalue weighted by Gasteiger charge is 2.20. The smallest absolute Gasteiger partial charge is 0.193 e. The molecule has 3 rings (SSSR count). The SMILES string of the molecule is CCNC(=NCc1ccc(N2CCC(CO)CC2)cc1)N(C)CC1CCOC1. The average Bonchev–Trinajstić information content (AvgIpc) is 3.24. The second kappa shape index (κ2) is 10.7. The van der Waals surface area contributed by atoms with Gasteiger partial charge in [-0.2, -0.15) is 0 Å². The third-order valence-electron chi connectivity index (χ3n) is 5.84. The van der Waals surface area contributed by atoms with E-state index in [-0.39, 0.29) is 0 Å². The number of aliphatic imine (C=N–C) groups is 1. The van der Waals surface area contributed by atoms with Crippen molar-refractivity contribution in [1.29, 1.82) is 0 Å². The standard InChI is InChI=1S/C22H36N4O2/c1-3-23-22(25(2)15-20-10-13-28-17-20)24-14-18-4-6-21(7-5-18)26-11-8-19(16-27)9-12-26/h4-7,19-20,27H,3,8-17H2,1-2H3,(H,23,24). The molecule has 1 unspecified atom stereocenters. The summed E-state index contributed by atoms with van der Waals surface area (Å²) in [5, 5.41) is 12.7. The fraction of sp³-hybridized carbons (Fsp3) is 0.682. The first kappa shape index (κ1) is 20.9. The van der Waals surface area contributed by atoms with E-state index < -0.39 is 0 Å². The molecule has 1 aromatic rings. The minimum Gasteiger partial charge on any atom is -0.396 e. The molecule has 156 valence electrons. The molecule has 0 bridgehead atoms. The van der Waals surface area contributed by atoms with E-state index in [0.717, 1.165) is 64.6 Å². The second-order valence-electron chi connectivity index (χ2n) is 8.06. The summed E-state index contributed by atoms with van der Waals surface area (Å²) in [6.45, 7) is 8.77. The van der Waals surface area contributed by atoms with Gasteiger partial charge in [-0.15, -0.1) is 0 Å². The Morgan fingerprint density at radius 2 is 1.96 bits per heavy atom. The maximum Gasteiger partial charge on any atom is 0.193 e. The number of ether oxygens (including phenoxy) is 1. The van der Waals surface area contributed by atoms with Crippen LogP contribution in [0.25, 0.3) is 0 Å². The number of nitrogens with zero attached hydrogens (tertiary/aromatic N) is 3. The van der Waals surface area contributed by atoms with E-state index in [0.29, 0.717) is 25.0 Å². The lowest BCUT2D eigenvalue weighted by atomic mass is 9.97. The number of rotatable bonds is 7. The first-order chi connectivity index (χ1) is 13.7. The van der Waals surface area contributed by atoms with Crippen molar-refractivity contribution in [2.45, 2.75) is 32.7 Å². The Morgan fingerprint density at radius 3 is 2.57 bits per heavy atom. The summed E-state index contributed by atoms with van der Waals surface area (Å²) in [7, 11) is 2.11. The minimum atomic E-state index is 0.321. The second-order valence-corrected chi connectivity index (χ2v) is 8.06. The van der Waals surface area contributed by atoms with Gasteiger partial charge in [-0.05, 0) is 49.8 Å². The quantitative estimate of drug-likeness (QED) is 0.555. The van der Waals surface area contributed by atoms with Gasteiger partial charge in [-0.25, -0.2) is 4.99 Å². The zero-order valence-corrected chi connectivity index (χ0v) is 17.4. The van der Waals surface area contributed by atoms with Crippen LogP contribution in [-0.2, 0) is 11.3 Å². The lowest BCUT2D eigenvalue weighted by Crippen LogP contribution is -2.41. The van der Waals surface area contributed by atoms with Gasteiger partial charge < -0.3 is 25.0 Å². The van der Waals surface area contributed by atoms with E-state index in [1.807, 2.05) is 0 Å². The molecule has 6 nitrogen and oxygen atoms in total. The van der Waals surface area contributed by atoms with Crippen LogP contribution in [0.5, 0.6) is 0 Å². The molecule has 0 saturated carbocycles. The van der Waals surface area contributed by atoms with E-state index in [9.17, 15) is 5.11 Å². The number of hydrogen-bond donors (Lipinski definition) is 2. The number of nitrogens with one attached hydrogen (secondary N) is 1. The third kappa shape index (κ3) is 5.85. The number of guanidine groups is 1. The topological polar surface area (TPSA) is 60.3 Å². The van der Waals surface area contributed by atoms with Crippen molar-refractivity contribution in [2.24, 2.45) is 16.8 Å². The predicted molar refractivity (Wildman–Crippen MR) is 115 cm³/mol. The molecule has 0 spiro atoms. The van der Waals surface area contributed by atoms with Gasteiger partial charge in [-0.3, -0.25) is 0 Å². The van der Waals surface area contributed by atoms with Crippen LogP contribution in [0.4, 0.5) is 5.69 Å². The van der Waals surface area contributed by atoms with Crippen LogP contribution in [0.3, 0.4) is 0 Å². The summed E-state index contributed by atoms with van der Waals surface area (Å²) in [5.41, 5.74) is 2.50. The number of benzene rings is 1. The maximum atomic E-state index is 9.30. The van der Waals surface area contributed by atoms with Gasteiger partial charge in [0.2, 0.25) is 0 Å². The third-order valence-corrected chi connectivity index (χ3v) is 5.84. The van der Waals surface area contributed by atoms with E-state index in [4.69, 9.17) is 9.73 Å². The Balaban J connectivity index is 1.55. The highest BCUT2D eigenvalue weighted by Crippen LogP contribution is 2.23. The molecule has 1 atom stereocenters. The van der Waals surface area contributed by atoms with Crippen molar-refractivity contribution in [3.05, 3.63) is 29.8 Å². The fourth-order valence-electron chi connectivity index (χ4n) is 4.02. The fourth-order valence-corrected chi connectivity index (χ4v) is 4.02. The van der Waals surface area contributed by atoms with Crippen molar-refractivity contribution in [1.82, 2.24) is 10.2 Å². The van der Waals surface area contributed by atoms with Gasteiger partial charge in [0.15, 0.2) is 5.96 Å². The van der Waals surface area contributed by atoms with Crippen LogP contribution in [-0.4, -0.2) is 69.0 Å². The van der Waals surface area contributed by atoms with E-state index in [1.165, 1.54) is 11.3 Å². The van der Waals surface area contributed by atoms with Crippen molar-refractivity contribution in [3.8, 4) is 0 Å². The molecule has 6 heteroatoms. The van der Waals surface area contributed by atoms with Crippen molar-refractivity contribution < 1.29 is 9.84 Å². The van der Waals surface area contributed by atoms with E-state index in [1.54, 1.807) is 0 Å². The minimum absolute atomic E-state index is 0.321. The van der Waals surface area contributed by atoms with Gasteiger partial charge in [0.1, 0.15) is 0 Å². The van der Waals surface area contributed by atoms with Crippen molar-refractivity contribution in [2.75, 3.05) is 57.9 Å². The molecule has 2 aliphatic rings. The Morgan fingerprint density at radius 1 is 1.21 bits per heavy atom. The van der Waals surface area contributed by atoms with Crippen LogP contribution < -0.4 is 10.2 Å². The van der Waals surface area contributed by atoms with Crippen LogP contribution in [0.1, 0.15) is 31.7 Å². The van der Waals surface area contributed by atoms with Gasteiger partial charge in [0.25, 0.3) is 0 Å². The first-order valence-electron chi connectivity index (χ1n) is 10.7. The first-order valence-corrected chi connectivity index (χ1v) is 10.7. The summed E-state index contributed by atoms with van der Waals surface area (Å²) in [5.74, 6) is 2.04. The molecule has 0 radical (unpaired) electrons. The lowest BCUT2D eigenvalue weighted by Gasteiger charge is -2.32. The summed E-state index contributed by atoms with van der Waals surface area (Å²) in [4.78, 5) is 9.48. The maximum absolute atomic E-state index is 9.30. The largest absolute Gasteiger partial charge is 0.396 e. The molecule has 2 aliphatic heterocycles. The highest BCUT2D eigenvalue weighted by atomic mass is 16.5. The monoisotopic (exact) mass is 388 g/mol. The average molecular weight is 389 g/mol. The van der Waals surface area contributed by atoms with E-state index >= 15 is 0 Å². The number of hydrogen-bond acceptors (Lipinski definition) is 4. The normalized spacial score (nSPS) is 21.2. The lowest BCUT2D eigenvalue weighted by molar-refractivity contribution is 0.181. The zero-order valence-electron chi connectivity index (χ0n) is 17.4. The molecule has 0 aromatic heterocycles. The Kier molecular flexibility index (Phi) is 7.98. The van der Waals surface area contributed by atoms with Crippen LogP contribution in [0.2, 0.25) is 0 Å². The van der Waals surface area contributed by atoms with Crippen LogP contribution >= 0.6 is 0 Å². The summed E-state index contributed by atoms with van der Waals surface area (Å²) in [6.07, 6.45) is 3.29. The molecule has 1 aromatic carbocycles. The van der Waals surface area contributed by atoms with Gasteiger partial charge in [0.05, 0.1) is 13.2 Å². The van der Waals surface area contributed by atoms with Gasteiger partial charge >= 0.3 is 0 Å². The summed E-state index contributed by atoms with van der Waals surface area (Å²) >= 11 is 0. The zero-order chi connectivity index (χ0) is 19.8. The van der Waals surface area contributed by atoms with Crippen LogP contribution in [0.15, 0.2) is 29.3 Å². The molecule has 2 heterocycles. The van der Waals surface area contributed by atoms with E-state index in [2.05, 4.69) is 53.4 Å². The van der Waals surface area contributed by atoms with Gasteiger partial charge in [0, 0.05) is 58.0 Å². The summed E-state index contributed by atoms with van der Waals surface area (Å²) < 4.78 is 5.50. The molecular weight excluding hydrogens is 352 g/mol. The Labute approximate surface area is 169 Å². The molecule has 28 heavy (non-hydrogen) atoms. The molecule has 0 amide bonds. The van der Waals surface area contributed by atoms with Crippen LogP contribution in [0, 0.1) is 11.8 Å². The molecule has 2 fully saturated rings. The van der Waals surface area contributed by atoms with Crippen molar-refractivity contribution in [3.63, 3.8) is 0 Å². The Hall–Kier alpha value is -1.79. The predicted octanol–water partition coefficient (Wildman–Crippen LogP) is 2.33. The number of piperidine rings is 1. The summed E-state index contributed by atoms with van der Waals surface area (Å²) in [6, 6.07) is 8.78. The molecular formula is C22H36N4O2. The number of aliphatic hydroxyl groups is 1. The molecule has 2 saturated heterocycles. The number of aliphatic hydroxyl groups excluding tert-OH is 1. The molecule has 0 aliphatic carbocycles. The molecule has 2 N–H and O–H groups in total. The van der Waals surface area contributed by atoms with Gasteiger partial charge in [-0.1, -0.05) is 12.1 Å². The van der Waals surface area contributed by atoms with Crippen molar-refractivity contribution >= 4 is 11.6 Å².